The number of halogens is 1. The molecule has 2 rings (SSSR count). The van der Waals surface area contributed by atoms with Gasteiger partial charge in [0.1, 0.15) is 17.7 Å². The molecule has 0 saturated heterocycles. The normalized spacial score (nSPS) is 18.9. The van der Waals surface area contributed by atoms with Crippen LogP contribution in [0.5, 0.6) is 5.75 Å². The molecule has 0 N–H and O–H groups in total. The van der Waals surface area contributed by atoms with E-state index in [9.17, 15) is 9.18 Å². The molecule has 0 radical (unpaired) electrons. The average Bonchev–Trinajstić information content (AvgIpc) is 2.18. The highest BCUT2D eigenvalue weighted by molar-refractivity contribution is 5.66. The van der Waals surface area contributed by atoms with Crippen LogP contribution in [0.4, 0.5) is 4.39 Å². The molecular weight excluding hydrogens is 199 g/mol. The zero-order chi connectivity index (χ0) is 10.8. The minimum absolute atomic E-state index is 0.351. The van der Waals surface area contributed by atoms with Gasteiger partial charge in [0, 0.05) is 18.9 Å². The third-order valence-corrected chi connectivity index (χ3v) is 2.26. The lowest BCUT2D eigenvalue weighted by Crippen LogP contribution is -2.18. The first-order valence-corrected chi connectivity index (χ1v) is 4.76. The summed E-state index contributed by atoms with van der Waals surface area (Å²) < 4.78 is 23.4. The lowest BCUT2D eigenvalue weighted by molar-refractivity contribution is -0.148. The largest absolute Gasteiger partial charge is 0.493 e. The molecule has 0 aromatic heterocycles. The van der Waals surface area contributed by atoms with E-state index >= 15 is 0 Å². The molecule has 3 nitrogen and oxygen atoms in total. The Labute approximate surface area is 86.8 Å². The maximum atomic E-state index is 13.0. The molecular formula is C11H11FO3. The number of rotatable bonds is 1. The molecule has 1 aliphatic heterocycles. The van der Waals surface area contributed by atoms with Crippen molar-refractivity contribution in [3.05, 3.63) is 29.6 Å². The summed E-state index contributed by atoms with van der Waals surface area (Å²) in [6, 6.07) is 4.23. The molecule has 1 atom stereocenters. The molecule has 0 spiro atoms. The molecule has 0 saturated carbocycles. The van der Waals surface area contributed by atoms with Gasteiger partial charge in [0.15, 0.2) is 0 Å². The van der Waals surface area contributed by atoms with E-state index in [1.54, 1.807) is 6.07 Å². The van der Waals surface area contributed by atoms with Crippen molar-refractivity contribution in [2.45, 2.75) is 19.4 Å². The van der Waals surface area contributed by atoms with E-state index in [-0.39, 0.29) is 17.9 Å². The Balaban J connectivity index is 2.32. The molecule has 4 heteroatoms. The summed E-state index contributed by atoms with van der Waals surface area (Å²) in [5.41, 5.74) is 0.608. The number of esters is 1. The first kappa shape index (κ1) is 9.96. The van der Waals surface area contributed by atoms with Crippen molar-refractivity contribution < 1.29 is 18.7 Å². The van der Waals surface area contributed by atoms with Gasteiger partial charge in [0.05, 0.1) is 6.61 Å². The molecule has 80 valence electrons. The minimum Gasteiger partial charge on any atom is -0.493 e. The summed E-state index contributed by atoms with van der Waals surface area (Å²) in [6.07, 6.45) is 0.178. The molecule has 1 heterocycles. The van der Waals surface area contributed by atoms with Gasteiger partial charge < -0.3 is 9.47 Å². The van der Waals surface area contributed by atoms with Crippen molar-refractivity contribution in [1.29, 1.82) is 0 Å². The zero-order valence-electron chi connectivity index (χ0n) is 8.33. The fraction of sp³-hybridized carbons (Fsp3) is 0.364. The van der Waals surface area contributed by atoms with Gasteiger partial charge in [0.25, 0.3) is 0 Å². The summed E-state index contributed by atoms with van der Waals surface area (Å²) in [6.45, 7) is 1.82. The highest BCUT2D eigenvalue weighted by Crippen LogP contribution is 2.34. The van der Waals surface area contributed by atoms with Crippen molar-refractivity contribution in [1.82, 2.24) is 0 Å². The Bertz CT molecular complexity index is 389. The lowest BCUT2D eigenvalue weighted by atomic mass is 10.0. The van der Waals surface area contributed by atoms with Crippen LogP contribution >= 0.6 is 0 Å². The highest BCUT2D eigenvalue weighted by Gasteiger charge is 2.24. The van der Waals surface area contributed by atoms with Crippen LogP contribution in [0.3, 0.4) is 0 Å². The van der Waals surface area contributed by atoms with Crippen LogP contribution in [-0.2, 0) is 9.53 Å². The predicted molar refractivity (Wildman–Crippen MR) is 51.0 cm³/mol. The first-order valence-electron chi connectivity index (χ1n) is 4.76. The van der Waals surface area contributed by atoms with Crippen LogP contribution in [0.25, 0.3) is 0 Å². The quantitative estimate of drug-likeness (QED) is 0.666. The van der Waals surface area contributed by atoms with Crippen molar-refractivity contribution in [3.63, 3.8) is 0 Å². The molecule has 1 aliphatic rings. The number of fused-ring (bicyclic) bond motifs is 1. The van der Waals surface area contributed by atoms with Crippen LogP contribution < -0.4 is 4.74 Å². The van der Waals surface area contributed by atoms with E-state index in [4.69, 9.17) is 9.47 Å². The van der Waals surface area contributed by atoms with E-state index in [0.29, 0.717) is 24.3 Å². The number of hydrogen-bond donors (Lipinski definition) is 0. The van der Waals surface area contributed by atoms with E-state index in [1.165, 1.54) is 19.1 Å². The van der Waals surface area contributed by atoms with Gasteiger partial charge in [-0.2, -0.15) is 0 Å². The van der Waals surface area contributed by atoms with E-state index in [1.807, 2.05) is 0 Å². The van der Waals surface area contributed by atoms with E-state index < -0.39 is 0 Å². The van der Waals surface area contributed by atoms with Crippen molar-refractivity contribution >= 4 is 5.97 Å². The second-order valence-electron chi connectivity index (χ2n) is 3.42. The number of ether oxygens (including phenoxy) is 2. The number of carbonyl (C=O) groups excluding carboxylic acids is 1. The number of hydrogen-bond acceptors (Lipinski definition) is 3. The summed E-state index contributed by atoms with van der Waals surface area (Å²) in [5, 5.41) is 0. The SMILES string of the molecule is CC(=O)OC1CCOc2ccc(F)cc21. The molecule has 15 heavy (non-hydrogen) atoms. The van der Waals surface area contributed by atoms with E-state index in [0.717, 1.165) is 0 Å². The maximum Gasteiger partial charge on any atom is 0.303 e. The Kier molecular flexibility index (Phi) is 2.58. The third-order valence-electron chi connectivity index (χ3n) is 2.26. The molecule has 0 bridgehead atoms. The van der Waals surface area contributed by atoms with Gasteiger partial charge >= 0.3 is 5.97 Å². The summed E-state index contributed by atoms with van der Waals surface area (Å²) >= 11 is 0. The summed E-state index contributed by atoms with van der Waals surface area (Å²) in [7, 11) is 0. The van der Waals surface area contributed by atoms with Crippen molar-refractivity contribution in [3.8, 4) is 5.75 Å². The summed E-state index contributed by atoms with van der Waals surface area (Å²) in [5.74, 6) is -0.123. The highest BCUT2D eigenvalue weighted by atomic mass is 19.1. The monoisotopic (exact) mass is 210 g/mol. The van der Waals surface area contributed by atoms with Crippen LogP contribution in [0.1, 0.15) is 25.0 Å². The van der Waals surface area contributed by atoms with Gasteiger partial charge in [-0.15, -0.1) is 0 Å². The smallest absolute Gasteiger partial charge is 0.303 e. The Morgan fingerprint density at radius 1 is 1.60 bits per heavy atom. The molecule has 0 fully saturated rings. The minimum atomic E-state index is -0.387. The van der Waals surface area contributed by atoms with Crippen LogP contribution in [0.15, 0.2) is 18.2 Å². The molecule has 0 amide bonds. The van der Waals surface area contributed by atoms with Crippen LogP contribution in [0.2, 0.25) is 0 Å². The molecule has 1 aromatic carbocycles. The number of benzene rings is 1. The first-order chi connectivity index (χ1) is 7.16. The van der Waals surface area contributed by atoms with Gasteiger partial charge in [-0.25, -0.2) is 4.39 Å². The van der Waals surface area contributed by atoms with Gasteiger partial charge in [-0.1, -0.05) is 0 Å². The lowest BCUT2D eigenvalue weighted by Gasteiger charge is -2.25. The van der Waals surface area contributed by atoms with Crippen molar-refractivity contribution in [2.24, 2.45) is 0 Å². The molecule has 0 aliphatic carbocycles. The average molecular weight is 210 g/mol. The second kappa shape index (κ2) is 3.88. The van der Waals surface area contributed by atoms with Gasteiger partial charge in [0.2, 0.25) is 0 Å². The van der Waals surface area contributed by atoms with Gasteiger partial charge in [-0.05, 0) is 18.2 Å². The summed E-state index contributed by atoms with van der Waals surface area (Å²) in [4.78, 5) is 10.8. The fourth-order valence-electron chi connectivity index (χ4n) is 1.66. The topological polar surface area (TPSA) is 35.5 Å². The standard InChI is InChI=1S/C11H11FO3/c1-7(13)15-11-4-5-14-10-3-2-8(12)6-9(10)11/h2-3,6,11H,4-5H2,1H3. The number of carbonyl (C=O) groups is 1. The second-order valence-corrected chi connectivity index (χ2v) is 3.42. The van der Waals surface area contributed by atoms with Gasteiger partial charge in [-0.3, -0.25) is 4.79 Å². The van der Waals surface area contributed by atoms with Crippen molar-refractivity contribution in [2.75, 3.05) is 6.61 Å². The Hall–Kier alpha value is -1.58. The Morgan fingerprint density at radius 3 is 3.13 bits per heavy atom. The third kappa shape index (κ3) is 2.09. The maximum absolute atomic E-state index is 13.0. The van der Waals surface area contributed by atoms with Crippen LogP contribution in [-0.4, -0.2) is 12.6 Å². The van der Waals surface area contributed by atoms with Crippen LogP contribution in [0, 0.1) is 5.82 Å². The van der Waals surface area contributed by atoms with E-state index in [2.05, 4.69) is 0 Å². The Morgan fingerprint density at radius 2 is 2.40 bits per heavy atom. The fourth-order valence-corrected chi connectivity index (χ4v) is 1.66. The zero-order valence-corrected chi connectivity index (χ0v) is 8.33. The molecule has 1 aromatic rings. The molecule has 1 unspecified atom stereocenters. The predicted octanol–water partition coefficient (Wildman–Crippen LogP) is 2.21.